The fraction of sp³-hybridized carbons (Fsp3) is 0.211. The average Bonchev–Trinajstić information content (AvgIpc) is 3.18. The third-order valence-corrected chi connectivity index (χ3v) is 4.80. The molecule has 138 valence electrons. The molecule has 2 heterocycles. The van der Waals surface area contributed by atoms with Gasteiger partial charge < -0.3 is 14.2 Å². The van der Waals surface area contributed by atoms with Crippen LogP contribution in [-0.2, 0) is 0 Å². The van der Waals surface area contributed by atoms with E-state index in [9.17, 15) is 9.18 Å². The monoisotopic (exact) mass is 386 g/mol. The van der Waals surface area contributed by atoms with Gasteiger partial charge in [0.05, 0.1) is 10.6 Å². The summed E-state index contributed by atoms with van der Waals surface area (Å²) in [5, 5.41) is 8.29. The highest BCUT2D eigenvalue weighted by atomic mass is 35.5. The van der Waals surface area contributed by atoms with Crippen LogP contribution < -0.4 is 4.90 Å². The second-order valence-corrected chi connectivity index (χ2v) is 6.56. The molecule has 1 aliphatic rings. The highest BCUT2D eigenvalue weighted by Crippen LogP contribution is 2.26. The number of anilines is 1. The number of hydrogen-bond donors (Lipinski definition) is 0. The molecule has 1 aliphatic heterocycles. The van der Waals surface area contributed by atoms with Gasteiger partial charge in [-0.05, 0) is 36.4 Å². The summed E-state index contributed by atoms with van der Waals surface area (Å²) in [6.45, 7) is 2.31. The number of amides is 1. The van der Waals surface area contributed by atoms with E-state index in [0.717, 1.165) is 5.69 Å². The van der Waals surface area contributed by atoms with Crippen molar-refractivity contribution >= 4 is 23.2 Å². The van der Waals surface area contributed by atoms with E-state index in [0.29, 0.717) is 36.8 Å². The summed E-state index contributed by atoms with van der Waals surface area (Å²) >= 11 is 6.13. The Morgan fingerprint density at radius 1 is 1.00 bits per heavy atom. The van der Waals surface area contributed by atoms with E-state index in [1.165, 1.54) is 12.1 Å². The van der Waals surface area contributed by atoms with E-state index in [4.69, 9.17) is 16.0 Å². The Bertz CT molecular complexity index is 952. The maximum absolute atomic E-state index is 13.1. The fourth-order valence-corrected chi connectivity index (χ4v) is 3.22. The lowest BCUT2D eigenvalue weighted by Gasteiger charge is -2.35. The molecule has 0 atom stereocenters. The van der Waals surface area contributed by atoms with Crippen LogP contribution in [-0.4, -0.2) is 47.2 Å². The Hall–Kier alpha value is -2.93. The molecule has 27 heavy (non-hydrogen) atoms. The number of hydrogen-bond acceptors (Lipinski definition) is 5. The fourth-order valence-electron chi connectivity index (χ4n) is 3.01. The molecule has 3 aromatic rings. The molecule has 1 saturated heterocycles. The molecule has 6 nitrogen and oxygen atoms in total. The first-order chi connectivity index (χ1) is 13.1. The van der Waals surface area contributed by atoms with Crippen LogP contribution in [0.4, 0.5) is 10.1 Å². The lowest BCUT2D eigenvalue weighted by Crippen LogP contribution is -2.48. The molecule has 4 rings (SSSR count). The Labute approximate surface area is 160 Å². The topological polar surface area (TPSA) is 62.5 Å². The molecule has 0 saturated carbocycles. The van der Waals surface area contributed by atoms with E-state index in [2.05, 4.69) is 15.1 Å². The lowest BCUT2D eigenvalue weighted by atomic mass is 10.2. The molecule has 8 heteroatoms. The molecule has 0 aliphatic carbocycles. The van der Waals surface area contributed by atoms with Crippen LogP contribution in [0.15, 0.2) is 52.9 Å². The second-order valence-electron chi connectivity index (χ2n) is 6.15. The minimum atomic E-state index is -0.306. The normalized spacial score (nSPS) is 14.4. The summed E-state index contributed by atoms with van der Waals surface area (Å²) in [6, 6.07) is 13.4. The number of aromatic nitrogens is 2. The molecule has 2 aromatic carbocycles. The molecule has 1 fully saturated rings. The van der Waals surface area contributed by atoms with Gasteiger partial charge in [0, 0.05) is 31.9 Å². The molecule has 0 spiro atoms. The van der Waals surface area contributed by atoms with Crippen LogP contribution >= 0.6 is 11.6 Å². The summed E-state index contributed by atoms with van der Waals surface area (Å²) < 4.78 is 18.6. The zero-order valence-corrected chi connectivity index (χ0v) is 15.1. The van der Waals surface area contributed by atoms with Gasteiger partial charge >= 0.3 is 11.8 Å². The smallest absolute Gasteiger partial charge is 0.311 e. The minimum Gasteiger partial charge on any atom is -0.412 e. The summed E-state index contributed by atoms with van der Waals surface area (Å²) in [5.41, 5.74) is 1.52. The van der Waals surface area contributed by atoms with Gasteiger partial charge in [-0.25, -0.2) is 4.39 Å². The van der Waals surface area contributed by atoms with Crippen LogP contribution in [0.2, 0.25) is 5.02 Å². The van der Waals surface area contributed by atoms with Gasteiger partial charge in [-0.1, -0.05) is 23.7 Å². The number of nitrogens with zero attached hydrogens (tertiary/aromatic N) is 4. The Morgan fingerprint density at radius 3 is 2.41 bits per heavy atom. The molecule has 1 amide bonds. The molecule has 0 unspecified atom stereocenters. The van der Waals surface area contributed by atoms with Crippen LogP contribution in [0, 0.1) is 5.82 Å². The zero-order valence-electron chi connectivity index (χ0n) is 14.3. The summed E-state index contributed by atoms with van der Waals surface area (Å²) in [4.78, 5) is 16.4. The van der Waals surface area contributed by atoms with Crippen molar-refractivity contribution in [2.75, 3.05) is 31.1 Å². The zero-order chi connectivity index (χ0) is 18.8. The number of rotatable bonds is 3. The molecular weight excluding hydrogens is 371 g/mol. The van der Waals surface area contributed by atoms with E-state index >= 15 is 0 Å². The van der Waals surface area contributed by atoms with Gasteiger partial charge in [0.15, 0.2) is 0 Å². The van der Waals surface area contributed by atoms with Gasteiger partial charge in [0.1, 0.15) is 5.82 Å². The van der Waals surface area contributed by atoms with Crippen LogP contribution in [0.25, 0.3) is 11.5 Å². The van der Waals surface area contributed by atoms with E-state index in [1.54, 1.807) is 35.2 Å². The maximum atomic E-state index is 13.1. The van der Waals surface area contributed by atoms with Gasteiger partial charge in [-0.3, -0.25) is 4.79 Å². The summed E-state index contributed by atoms with van der Waals surface area (Å²) in [5.74, 6) is -0.410. The van der Waals surface area contributed by atoms with E-state index < -0.39 is 0 Å². The molecule has 1 aromatic heterocycles. The van der Waals surface area contributed by atoms with Crippen molar-refractivity contribution in [1.29, 1.82) is 0 Å². The molecule has 0 N–H and O–H groups in total. The third kappa shape index (κ3) is 3.64. The minimum absolute atomic E-state index is 0.0554. The molecule has 0 radical (unpaired) electrons. The largest absolute Gasteiger partial charge is 0.412 e. The molecule has 0 bridgehead atoms. The number of carbonyl (C=O) groups excluding carboxylic acids is 1. The van der Waals surface area contributed by atoms with Gasteiger partial charge in [0.2, 0.25) is 5.89 Å². The number of piperazine rings is 1. The van der Waals surface area contributed by atoms with Gasteiger partial charge in [-0.15, -0.1) is 10.2 Å². The number of carbonyl (C=O) groups is 1. The first kappa shape index (κ1) is 17.5. The number of halogens is 2. The van der Waals surface area contributed by atoms with E-state index in [1.807, 2.05) is 6.07 Å². The van der Waals surface area contributed by atoms with Crippen LogP contribution in [0.3, 0.4) is 0 Å². The Morgan fingerprint density at radius 2 is 1.70 bits per heavy atom. The SMILES string of the molecule is O=C(c1nnc(-c2ccccc2Cl)o1)N1CCN(c2ccc(F)cc2)CC1. The van der Waals surface area contributed by atoms with Crippen molar-refractivity contribution in [2.24, 2.45) is 0 Å². The standard InChI is InChI=1S/C19H16ClFN4O2/c20-16-4-2-1-3-15(16)17-22-23-18(27-17)19(26)25-11-9-24(10-12-25)14-7-5-13(21)6-8-14/h1-8H,9-12H2. The van der Waals surface area contributed by atoms with E-state index in [-0.39, 0.29) is 23.5 Å². The lowest BCUT2D eigenvalue weighted by molar-refractivity contribution is 0.0707. The predicted molar refractivity (Wildman–Crippen MR) is 99.3 cm³/mol. The van der Waals surface area contributed by atoms with Crippen molar-refractivity contribution < 1.29 is 13.6 Å². The van der Waals surface area contributed by atoms with Gasteiger partial charge in [-0.2, -0.15) is 0 Å². The summed E-state index contributed by atoms with van der Waals surface area (Å²) in [7, 11) is 0. The van der Waals surface area contributed by atoms with Crippen molar-refractivity contribution in [3.05, 3.63) is 65.3 Å². The summed E-state index contributed by atoms with van der Waals surface area (Å²) in [6.07, 6.45) is 0. The second kappa shape index (κ2) is 7.36. The van der Waals surface area contributed by atoms with Crippen molar-refractivity contribution in [3.63, 3.8) is 0 Å². The van der Waals surface area contributed by atoms with Crippen LogP contribution in [0.1, 0.15) is 10.7 Å². The first-order valence-corrected chi connectivity index (χ1v) is 8.88. The third-order valence-electron chi connectivity index (χ3n) is 4.47. The van der Waals surface area contributed by atoms with Crippen molar-refractivity contribution in [1.82, 2.24) is 15.1 Å². The highest BCUT2D eigenvalue weighted by Gasteiger charge is 2.26. The van der Waals surface area contributed by atoms with Gasteiger partial charge in [0.25, 0.3) is 0 Å². The Balaban J connectivity index is 1.43. The Kier molecular flexibility index (Phi) is 4.77. The molecular formula is C19H16ClFN4O2. The maximum Gasteiger partial charge on any atom is 0.311 e. The predicted octanol–water partition coefficient (Wildman–Crippen LogP) is 3.49. The number of benzene rings is 2. The quantitative estimate of drug-likeness (QED) is 0.689. The first-order valence-electron chi connectivity index (χ1n) is 8.50. The van der Waals surface area contributed by atoms with Crippen molar-refractivity contribution in [2.45, 2.75) is 0 Å². The highest BCUT2D eigenvalue weighted by molar-refractivity contribution is 6.33. The average molecular weight is 387 g/mol. The van der Waals surface area contributed by atoms with Crippen molar-refractivity contribution in [3.8, 4) is 11.5 Å². The van der Waals surface area contributed by atoms with Crippen LogP contribution in [0.5, 0.6) is 0 Å².